The third-order valence-electron chi connectivity index (χ3n) is 3.55. The lowest BCUT2D eigenvalue weighted by Gasteiger charge is -2.29. The molecule has 1 heterocycles. The molecule has 0 radical (unpaired) electrons. The third-order valence-corrected chi connectivity index (χ3v) is 3.55. The van der Waals surface area contributed by atoms with E-state index in [-0.39, 0.29) is 0 Å². The molecule has 1 aliphatic rings. The number of nitrogens with two attached hydrogens (primary N) is 1. The lowest BCUT2D eigenvalue weighted by atomic mass is 10.1. The second-order valence-corrected chi connectivity index (χ2v) is 4.96. The fraction of sp³-hybridized carbons (Fsp3) is 1.00. The first kappa shape index (κ1) is 13.9. The highest BCUT2D eigenvalue weighted by molar-refractivity contribution is 4.75. The van der Waals surface area contributed by atoms with Crippen LogP contribution in [0, 0.1) is 0 Å². The Balaban J connectivity index is 2.21. The van der Waals surface area contributed by atoms with Gasteiger partial charge < -0.3 is 10.5 Å². The molecule has 2 N–H and O–H groups in total. The van der Waals surface area contributed by atoms with Crippen LogP contribution in [-0.2, 0) is 4.74 Å². The molecule has 0 bridgehead atoms. The summed E-state index contributed by atoms with van der Waals surface area (Å²) in [5.74, 6) is 0. The first-order valence-corrected chi connectivity index (χ1v) is 6.79. The van der Waals surface area contributed by atoms with Crippen LogP contribution in [0.2, 0.25) is 0 Å². The van der Waals surface area contributed by atoms with Gasteiger partial charge in [0, 0.05) is 25.7 Å². The third kappa shape index (κ3) is 4.81. The zero-order valence-corrected chi connectivity index (χ0v) is 11.0. The summed E-state index contributed by atoms with van der Waals surface area (Å²) in [4.78, 5) is 2.39. The molecule has 1 rings (SSSR count). The summed E-state index contributed by atoms with van der Waals surface area (Å²) in [7, 11) is 2.19. The highest BCUT2D eigenvalue weighted by atomic mass is 16.5. The fourth-order valence-corrected chi connectivity index (χ4v) is 2.41. The largest absolute Gasteiger partial charge is 0.377 e. The van der Waals surface area contributed by atoms with Crippen LogP contribution in [0.3, 0.4) is 0 Å². The Morgan fingerprint density at radius 2 is 2.25 bits per heavy atom. The minimum absolute atomic E-state index is 0.449. The molecule has 0 spiro atoms. The van der Waals surface area contributed by atoms with Gasteiger partial charge in [0.1, 0.15) is 0 Å². The van der Waals surface area contributed by atoms with Crippen LogP contribution < -0.4 is 5.73 Å². The molecule has 0 aromatic rings. The number of ether oxygens (including phenoxy) is 1. The molecule has 0 aromatic heterocycles. The van der Waals surface area contributed by atoms with Crippen molar-refractivity contribution in [3.05, 3.63) is 0 Å². The Kier molecular flexibility index (Phi) is 7.01. The van der Waals surface area contributed by atoms with Gasteiger partial charge in [-0.05, 0) is 26.3 Å². The summed E-state index contributed by atoms with van der Waals surface area (Å²) >= 11 is 0. The van der Waals surface area contributed by atoms with Gasteiger partial charge in [-0.1, -0.05) is 26.2 Å². The summed E-state index contributed by atoms with van der Waals surface area (Å²) in [6.45, 7) is 5.01. The van der Waals surface area contributed by atoms with E-state index in [0.717, 1.165) is 19.7 Å². The van der Waals surface area contributed by atoms with E-state index in [4.69, 9.17) is 10.5 Å². The van der Waals surface area contributed by atoms with Gasteiger partial charge in [0.25, 0.3) is 0 Å². The maximum Gasteiger partial charge on any atom is 0.0702 e. The van der Waals surface area contributed by atoms with Gasteiger partial charge in [0.05, 0.1) is 6.10 Å². The van der Waals surface area contributed by atoms with Crippen LogP contribution in [0.5, 0.6) is 0 Å². The van der Waals surface area contributed by atoms with E-state index in [9.17, 15) is 0 Å². The SMILES string of the molecule is CCCCCC(CN)N(C)CC1CCCO1. The average Bonchev–Trinajstić information content (AvgIpc) is 2.77. The zero-order chi connectivity index (χ0) is 11.8. The summed E-state index contributed by atoms with van der Waals surface area (Å²) in [6.07, 6.45) is 8.03. The number of unbranched alkanes of at least 4 members (excludes halogenated alkanes) is 2. The molecule has 2 atom stereocenters. The summed E-state index contributed by atoms with van der Waals surface area (Å²) < 4.78 is 5.66. The van der Waals surface area contributed by atoms with Crippen LogP contribution in [-0.4, -0.2) is 43.8 Å². The summed E-state index contributed by atoms with van der Waals surface area (Å²) in [6, 6.07) is 0.538. The van der Waals surface area contributed by atoms with Gasteiger partial charge in [-0.15, -0.1) is 0 Å². The van der Waals surface area contributed by atoms with Crippen molar-refractivity contribution in [3.8, 4) is 0 Å². The van der Waals surface area contributed by atoms with Crippen LogP contribution in [0.1, 0.15) is 45.4 Å². The Morgan fingerprint density at radius 1 is 1.44 bits per heavy atom. The quantitative estimate of drug-likeness (QED) is 0.646. The Morgan fingerprint density at radius 3 is 2.81 bits per heavy atom. The lowest BCUT2D eigenvalue weighted by molar-refractivity contribution is 0.0673. The zero-order valence-electron chi connectivity index (χ0n) is 11.0. The predicted molar refractivity (Wildman–Crippen MR) is 68.6 cm³/mol. The monoisotopic (exact) mass is 228 g/mol. The van der Waals surface area contributed by atoms with E-state index in [1.807, 2.05) is 0 Å². The molecular formula is C13H28N2O. The van der Waals surface area contributed by atoms with E-state index in [0.29, 0.717) is 12.1 Å². The number of hydrogen-bond acceptors (Lipinski definition) is 3. The van der Waals surface area contributed by atoms with Gasteiger partial charge in [-0.25, -0.2) is 0 Å². The highest BCUT2D eigenvalue weighted by Crippen LogP contribution is 2.15. The summed E-state index contributed by atoms with van der Waals surface area (Å²) in [5.41, 5.74) is 5.85. The highest BCUT2D eigenvalue weighted by Gasteiger charge is 2.20. The molecule has 16 heavy (non-hydrogen) atoms. The van der Waals surface area contributed by atoms with E-state index in [1.54, 1.807) is 0 Å². The van der Waals surface area contributed by atoms with Gasteiger partial charge in [-0.3, -0.25) is 4.90 Å². The molecule has 1 saturated heterocycles. The van der Waals surface area contributed by atoms with Gasteiger partial charge in [-0.2, -0.15) is 0 Å². The van der Waals surface area contributed by atoms with Crippen LogP contribution in [0.25, 0.3) is 0 Å². The van der Waals surface area contributed by atoms with Crippen LogP contribution in [0.4, 0.5) is 0 Å². The first-order valence-electron chi connectivity index (χ1n) is 6.79. The van der Waals surface area contributed by atoms with Crippen molar-refractivity contribution in [2.24, 2.45) is 5.73 Å². The Labute approximate surface area is 100 Å². The van der Waals surface area contributed by atoms with E-state index < -0.39 is 0 Å². The first-order chi connectivity index (χ1) is 7.77. The Bertz CT molecular complexity index is 169. The van der Waals surface area contributed by atoms with Gasteiger partial charge in [0.2, 0.25) is 0 Å². The molecule has 3 heteroatoms. The Hall–Kier alpha value is -0.120. The predicted octanol–water partition coefficient (Wildman–Crippen LogP) is 2.00. The van der Waals surface area contributed by atoms with Crippen molar-refractivity contribution in [1.82, 2.24) is 4.90 Å². The minimum Gasteiger partial charge on any atom is -0.377 e. The summed E-state index contributed by atoms with van der Waals surface area (Å²) in [5, 5.41) is 0. The van der Waals surface area contributed by atoms with Gasteiger partial charge in [0.15, 0.2) is 0 Å². The van der Waals surface area contributed by atoms with E-state index in [1.165, 1.54) is 38.5 Å². The second-order valence-electron chi connectivity index (χ2n) is 4.96. The number of likely N-dealkylation sites (N-methyl/N-ethyl adjacent to an activating group) is 1. The molecule has 0 aliphatic carbocycles. The number of hydrogen-bond donors (Lipinski definition) is 1. The topological polar surface area (TPSA) is 38.5 Å². The number of rotatable bonds is 8. The molecule has 1 aliphatic heterocycles. The standard InChI is InChI=1S/C13H28N2O/c1-3-4-5-7-12(10-14)15(2)11-13-8-6-9-16-13/h12-13H,3-11,14H2,1-2H3. The molecular weight excluding hydrogens is 200 g/mol. The van der Waals surface area contributed by atoms with Crippen molar-refractivity contribution < 1.29 is 4.74 Å². The molecule has 96 valence electrons. The second kappa shape index (κ2) is 8.04. The molecule has 0 saturated carbocycles. The maximum atomic E-state index is 5.85. The van der Waals surface area contributed by atoms with Crippen LogP contribution >= 0.6 is 0 Å². The van der Waals surface area contributed by atoms with Gasteiger partial charge >= 0.3 is 0 Å². The fourth-order valence-electron chi connectivity index (χ4n) is 2.41. The van der Waals surface area contributed by atoms with Crippen molar-refractivity contribution in [2.75, 3.05) is 26.7 Å². The maximum absolute atomic E-state index is 5.85. The molecule has 1 fully saturated rings. The van der Waals surface area contributed by atoms with E-state index >= 15 is 0 Å². The molecule has 0 aromatic carbocycles. The smallest absolute Gasteiger partial charge is 0.0702 e. The van der Waals surface area contributed by atoms with Crippen LogP contribution in [0.15, 0.2) is 0 Å². The van der Waals surface area contributed by atoms with E-state index in [2.05, 4.69) is 18.9 Å². The number of nitrogens with zero attached hydrogens (tertiary/aromatic N) is 1. The lowest BCUT2D eigenvalue weighted by Crippen LogP contribution is -2.41. The molecule has 0 amide bonds. The molecule has 2 unspecified atom stereocenters. The van der Waals surface area contributed by atoms with Crippen molar-refractivity contribution in [3.63, 3.8) is 0 Å². The van der Waals surface area contributed by atoms with Crippen molar-refractivity contribution in [1.29, 1.82) is 0 Å². The molecule has 3 nitrogen and oxygen atoms in total. The minimum atomic E-state index is 0.449. The average molecular weight is 228 g/mol. The normalized spacial score (nSPS) is 22.9. The van der Waals surface area contributed by atoms with Crippen molar-refractivity contribution in [2.45, 2.75) is 57.6 Å². The van der Waals surface area contributed by atoms with Crippen molar-refractivity contribution >= 4 is 0 Å².